The molecule has 0 aliphatic rings. The molecule has 0 aliphatic heterocycles. The van der Waals surface area contributed by atoms with Crippen LogP contribution in [-0.2, 0) is 10.0 Å². The number of benzene rings is 1. The first-order chi connectivity index (χ1) is 14.2. The molecule has 1 amide bonds. The lowest BCUT2D eigenvalue weighted by Crippen LogP contribution is -2.15. The van der Waals surface area contributed by atoms with E-state index in [0.29, 0.717) is 22.5 Å². The molecule has 4 aromatic rings. The molecule has 1 aromatic carbocycles. The number of halogens is 1. The summed E-state index contributed by atoms with van der Waals surface area (Å²) in [5, 5.41) is 6.90. The lowest BCUT2D eigenvalue weighted by Gasteiger charge is -2.10. The van der Waals surface area contributed by atoms with Gasteiger partial charge >= 0.3 is 0 Å². The Hall–Kier alpha value is -3.73. The van der Waals surface area contributed by atoms with E-state index in [2.05, 4.69) is 20.2 Å². The number of aromatic nitrogens is 2. The Labute approximate surface area is 169 Å². The molecule has 2 N–H and O–H groups in total. The van der Waals surface area contributed by atoms with E-state index in [0.717, 1.165) is 12.3 Å². The second-order valence-electron chi connectivity index (χ2n) is 6.50. The van der Waals surface area contributed by atoms with E-state index in [1.54, 1.807) is 19.1 Å². The number of rotatable bonds is 5. The second kappa shape index (κ2) is 7.26. The molecule has 9 nitrogen and oxygen atoms in total. The zero-order valence-corrected chi connectivity index (χ0v) is 16.6. The van der Waals surface area contributed by atoms with E-state index in [1.165, 1.54) is 24.5 Å². The predicted octanol–water partition coefficient (Wildman–Crippen LogP) is 3.55. The SMILES string of the molecule is Cc1noc2nc(-c3ccco3)cc(C(=O)Nc3ccc(F)c(NS(C)(=O)=O)c3)c12. The summed E-state index contributed by atoms with van der Waals surface area (Å²) in [5.74, 6) is -0.889. The van der Waals surface area contributed by atoms with Crippen molar-refractivity contribution in [3.8, 4) is 11.5 Å². The van der Waals surface area contributed by atoms with Crippen molar-refractivity contribution in [1.29, 1.82) is 0 Å². The number of furan rings is 1. The van der Waals surface area contributed by atoms with Crippen LogP contribution in [0.3, 0.4) is 0 Å². The summed E-state index contributed by atoms with van der Waals surface area (Å²) in [6.45, 7) is 1.67. The number of amides is 1. The number of anilines is 2. The Morgan fingerprint density at radius 1 is 1.20 bits per heavy atom. The molecule has 0 spiro atoms. The van der Waals surface area contributed by atoms with Crippen molar-refractivity contribution in [3.63, 3.8) is 0 Å². The van der Waals surface area contributed by atoms with Gasteiger partial charge in [0.1, 0.15) is 11.5 Å². The number of nitrogens with one attached hydrogen (secondary N) is 2. The van der Waals surface area contributed by atoms with Crippen LogP contribution in [0.2, 0.25) is 0 Å². The maximum atomic E-state index is 13.9. The molecular weight excluding hydrogens is 415 g/mol. The molecule has 0 unspecified atom stereocenters. The average molecular weight is 430 g/mol. The standard InChI is InChI=1S/C19H15FN4O5S/c1-10-17-12(9-15(16-4-3-7-28-16)22-19(17)29-23-10)18(25)21-11-5-6-13(20)14(8-11)24-30(2,26)27/h3-9,24H,1-2H3,(H,21,25). The van der Waals surface area contributed by atoms with Crippen molar-refractivity contribution in [2.75, 3.05) is 16.3 Å². The van der Waals surface area contributed by atoms with Crippen LogP contribution in [0, 0.1) is 12.7 Å². The van der Waals surface area contributed by atoms with Crippen LogP contribution < -0.4 is 10.0 Å². The Morgan fingerprint density at radius 2 is 2.00 bits per heavy atom. The van der Waals surface area contributed by atoms with Crippen molar-refractivity contribution in [1.82, 2.24) is 10.1 Å². The van der Waals surface area contributed by atoms with Crippen LogP contribution >= 0.6 is 0 Å². The minimum Gasteiger partial charge on any atom is -0.463 e. The van der Waals surface area contributed by atoms with Crippen molar-refractivity contribution in [2.45, 2.75) is 6.92 Å². The quantitative estimate of drug-likeness (QED) is 0.495. The van der Waals surface area contributed by atoms with E-state index < -0.39 is 21.7 Å². The topological polar surface area (TPSA) is 127 Å². The summed E-state index contributed by atoms with van der Waals surface area (Å²) in [5.41, 5.74) is 1.11. The van der Waals surface area contributed by atoms with Crippen molar-refractivity contribution in [3.05, 3.63) is 59.7 Å². The minimum atomic E-state index is -3.70. The first kappa shape index (κ1) is 19.6. The summed E-state index contributed by atoms with van der Waals surface area (Å²) < 4.78 is 49.4. The number of pyridine rings is 1. The molecule has 0 bridgehead atoms. The predicted molar refractivity (Wildman–Crippen MR) is 107 cm³/mol. The van der Waals surface area contributed by atoms with E-state index in [1.807, 2.05) is 0 Å². The van der Waals surface area contributed by atoms with E-state index in [9.17, 15) is 17.6 Å². The highest BCUT2D eigenvalue weighted by Gasteiger charge is 2.21. The van der Waals surface area contributed by atoms with Gasteiger partial charge in [0.25, 0.3) is 11.6 Å². The first-order valence-corrected chi connectivity index (χ1v) is 10.5. The van der Waals surface area contributed by atoms with Crippen LogP contribution in [0.1, 0.15) is 16.1 Å². The summed E-state index contributed by atoms with van der Waals surface area (Å²) in [4.78, 5) is 17.3. The van der Waals surface area contributed by atoms with Gasteiger partial charge in [0.2, 0.25) is 10.0 Å². The molecule has 0 saturated carbocycles. The number of fused-ring (bicyclic) bond motifs is 1. The van der Waals surface area contributed by atoms with Gasteiger partial charge in [-0.1, -0.05) is 5.16 Å². The Kier molecular flexibility index (Phi) is 4.74. The number of aryl methyl sites for hydroxylation is 1. The van der Waals surface area contributed by atoms with Crippen LogP contribution in [0.4, 0.5) is 15.8 Å². The highest BCUT2D eigenvalue weighted by Crippen LogP contribution is 2.28. The van der Waals surface area contributed by atoms with Gasteiger partial charge in [0.05, 0.1) is 34.8 Å². The molecular formula is C19H15FN4O5S. The number of hydrogen-bond donors (Lipinski definition) is 2. The normalized spacial score (nSPS) is 11.6. The third-order valence-electron chi connectivity index (χ3n) is 4.15. The van der Waals surface area contributed by atoms with Crippen molar-refractivity contribution < 1.29 is 26.5 Å². The second-order valence-corrected chi connectivity index (χ2v) is 8.25. The maximum absolute atomic E-state index is 13.9. The van der Waals surface area contributed by atoms with Crippen LogP contribution in [0.25, 0.3) is 22.6 Å². The Morgan fingerprint density at radius 3 is 2.70 bits per heavy atom. The molecule has 11 heteroatoms. The lowest BCUT2D eigenvalue weighted by molar-refractivity contribution is 0.102. The highest BCUT2D eigenvalue weighted by molar-refractivity contribution is 7.92. The smallest absolute Gasteiger partial charge is 0.259 e. The molecule has 0 fully saturated rings. The summed E-state index contributed by atoms with van der Waals surface area (Å²) in [7, 11) is -3.70. The van der Waals surface area contributed by atoms with Gasteiger partial charge in [0, 0.05) is 5.69 Å². The Bertz CT molecular complexity index is 1360. The van der Waals surface area contributed by atoms with Crippen molar-refractivity contribution >= 4 is 38.4 Å². The number of nitrogens with zero attached hydrogens (tertiary/aromatic N) is 2. The van der Waals surface area contributed by atoms with Crippen LogP contribution in [-0.4, -0.2) is 30.7 Å². The van der Waals surface area contributed by atoms with Gasteiger partial charge in [-0.05, 0) is 43.3 Å². The molecule has 3 heterocycles. The van der Waals surface area contributed by atoms with Gasteiger partial charge in [-0.3, -0.25) is 9.52 Å². The van der Waals surface area contributed by atoms with Gasteiger partial charge in [0.15, 0.2) is 5.76 Å². The molecule has 4 rings (SSSR count). The van der Waals surface area contributed by atoms with Crippen molar-refractivity contribution in [2.24, 2.45) is 0 Å². The number of carbonyl (C=O) groups excluding carboxylic acids is 1. The molecule has 0 radical (unpaired) electrons. The first-order valence-electron chi connectivity index (χ1n) is 8.61. The third kappa shape index (κ3) is 3.87. The summed E-state index contributed by atoms with van der Waals surface area (Å²) in [6, 6.07) is 8.43. The van der Waals surface area contributed by atoms with E-state index in [-0.39, 0.29) is 22.7 Å². The number of carbonyl (C=O) groups is 1. The average Bonchev–Trinajstić information content (AvgIpc) is 3.33. The van der Waals surface area contributed by atoms with Gasteiger partial charge in [-0.15, -0.1) is 0 Å². The fourth-order valence-electron chi connectivity index (χ4n) is 2.90. The molecule has 154 valence electrons. The van der Waals surface area contributed by atoms with Gasteiger partial charge in [-0.2, -0.15) is 0 Å². The van der Waals surface area contributed by atoms with Gasteiger partial charge in [-0.25, -0.2) is 17.8 Å². The molecule has 3 aromatic heterocycles. The zero-order valence-electron chi connectivity index (χ0n) is 15.8. The fraction of sp³-hybridized carbons (Fsp3) is 0.105. The monoisotopic (exact) mass is 430 g/mol. The number of hydrogen-bond acceptors (Lipinski definition) is 7. The molecule has 0 aliphatic carbocycles. The van der Waals surface area contributed by atoms with Crippen LogP contribution in [0.15, 0.2) is 51.6 Å². The molecule has 0 saturated heterocycles. The zero-order chi connectivity index (χ0) is 21.5. The summed E-state index contributed by atoms with van der Waals surface area (Å²) >= 11 is 0. The lowest BCUT2D eigenvalue weighted by atomic mass is 10.1. The maximum Gasteiger partial charge on any atom is 0.259 e. The highest BCUT2D eigenvalue weighted by atomic mass is 32.2. The van der Waals surface area contributed by atoms with Crippen LogP contribution in [0.5, 0.6) is 0 Å². The van der Waals surface area contributed by atoms with E-state index in [4.69, 9.17) is 8.94 Å². The summed E-state index contributed by atoms with van der Waals surface area (Å²) in [6.07, 6.45) is 2.37. The number of sulfonamides is 1. The molecule has 0 atom stereocenters. The van der Waals surface area contributed by atoms with E-state index >= 15 is 0 Å². The largest absolute Gasteiger partial charge is 0.463 e. The Balaban J connectivity index is 1.73. The fourth-order valence-corrected chi connectivity index (χ4v) is 3.46. The van der Waals surface area contributed by atoms with Gasteiger partial charge < -0.3 is 14.3 Å². The minimum absolute atomic E-state index is 0.157. The molecule has 30 heavy (non-hydrogen) atoms. The third-order valence-corrected chi connectivity index (χ3v) is 4.75.